The highest BCUT2D eigenvalue weighted by atomic mass is 16.3. The molecule has 0 radical (unpaired) electrons. The molecule has 2 rings (SSSR count). The van der Waals surface area contributed by atoms with E-state index < -0.39 is 0 Å². The van der Waals surface area contributed by atoms with Gasteiger partial charge in [0.2, 0.25) is 5.76 Å². The number of hydrogen-bond donors (Lipinski definition) is 2. The average Bonchev–Trinajstić information content (AvgIpc) is 2.84. The van der Waals surface area contributed by atoms with Gasteiger partial charge in [-0.1, -0.05) is 11.8 Å². The van der Waals surface area contributed by atoms with Crippen molar-refractivity contribution in [1.29, 1.82) is 0 Å². The van der Waals surface area contributed by atoms with Crippen LogP contribution in [-0.4, -0.2) is 17.4 Å². The van der Waals surface area contributed by atoms with E-state index in [4.69, 9.17) is 10.2 Å². The van der Waals surface area contributed by atoms with E-state index in [1.807, 2.05) is 12.1 Å². The molecule has 0 unspecified atom stereocenters. The molecule has 0 fully saturated rings. The molecule has 0 spiro atoms. The topological polar surface area (TPSA) is 81.2 Å². The summed E-state index contributed by atoms with van der Waals surface area (Å²) < 4.78 is 5.02. The van der Waals surface area contributed by atoms with Crippen molar-refractivity contribution in [2.45, 2.75) is 6.92 Å². The Hall–Kier alpha value is -2.58. The van der Waals surface area contributed by atoms with Gasteiger partial charge >= 0.3 is 0 Å². The first kappa shape index (κ1) is 12.9. The largest absolute Gasteiger partial charge is 0.438 e. The summed E-state index contributed by atoms with van der Waals surface area (Å²) in [6, 6.07) is 7.16. The Balaban J connectivity index is 2.08. The maximum atomic E-state index is 11.9. The van der Waals surface area contributed by atoms with E-state index in [-0.39, 0.29) is 11.7 Å². The summed E-state index contributed by atoms with van der Waals surface area (Å²) in [5, 5.41) is 2.72. The molecule has 0 bridgehead atoms. The Kier molecular flexibility index (Phi) is 3.96. The third kappa shape index (κ3) is 3.21. The fourth-order valence-electron chi connectivity index (χ4n) is 1.50. The number of amides is 1. The Morgan fingerprint density at radius 1 is 1.42 bits per heavy atom. The van der Waals surface area contributed by atoms with E-state index in [1.54, 1.807) is 19.1 Å². The summed E-state index contributed by atoms with van der Waals surface area (Å²) in [6.07, 6.45) is 1.25. The molecule has 3 N–H and O–H groups in total. The number of oxazole rings is 1. The van der Waals surface area contributed by atoms with Gasteiger partial charge in [0, 0.05) is 11.3 Å². The predicted molar refractivity (Wildman–Crippen MR) is 71.6 cm³/mol. The summed E-state index contributed by atoms with van der Waals surface area (Å²) in [5.41, 5.74) is 7.36. The molecule has 5 nitrogen and oxygen atoms in total. The number of aryl methyl sites for hydroxylation is 1. The minimum absolute atomic E-state index is 0.215. The molecule has 2 aromatic rings. The molecule has 19 heavy (non-hydrogen) atoms. The average molecular weight is 255 g/mol. The highest BCUT2D eigenvalue weighted by molar-refractivity contribution is 6.02. The van der Waals surface area contributed by atoms with Crippen molar-refractivity contribution in [3.8, 4) is 11.8 Å². The van der Waals surface area contributed by atoms with E-state index in [0.29, 0.717) is 17.9 Å². The van der Waals surface area contributed by atoms with Crippen molar-refractivity contribution >= 4 is 11.6 Å². The maximum Gasteiger partial charge on any atom is 0.293 e. The number of carbonyl (C=O) groups excluding carboxylic acids is 1. The van der Waals surface area contributed by atoms with Crippen LogP contribution in [0.2, 0.25) is 0 Å². The van der Waals surface area contributed by atoms with Crippen LogP contribution in [0.25, 0.3) is 0 Å². The quantitative estimate of drug-likeness (QED) is 0.798. The van der Waals surface area contributed by atoms with Crippen molar-refractivity contribution in [3.05, 3.63) is 47.7 Å². The third-order valence-electron chi connectivity index (χ3n) is 2.43. The zero-order valence-electron chi connectivity index (χ0n) is 10.4. The van der Waals surface area contributed by atoms with Crippen LogP contribution in [-0.2, 0) is 0 Å². The van der Waals surface area contributed by atoms with Crippen molar-refractivity contribution in [1.82, 2.24) is 4.98 Å². The number of hydrogen-bond acceptors (Lipinski definition) is 4. The van der Waals surface area contributed by atoms with Gasteiger partial charge in [-0.2, -0.15) is 0 Å². The van der Waals surface area contributed by atoms with E-state index in [2.05, 4.69) is 22.1 Å². The molecule has 0 aliphatic rings. The molecule has 1 amide bonds. The second-order valence-corrected chi connectivity index (χ2v) is 3.80. The minimum atomic E-state index is -0.323. The van der Waals surface area contributed by atoms with Crippen LogP contribution < -0.4 is 11.1 Å². The molecule has 96 valence electrons. The highest BCUT2D eigenvalue weighted by Gasteiger charge is 2.13. The van der Waals surface area contributed by atoms with Gasteiger partial charge in [-0.25, -0.2) is 4.98 Å². The lowest BCUT2D eigenvalue weighted by Gasteiger charge is -2.03. The van der Waals surface area contributed by atoms with Crippen molar-refractivity contribution in [2.24, 2.45) is 5.73 Å². The molecule has 1 aromatic heterocycles. The lowest BCUT2D eigenvalue weighted by atomic mass is 10.2. The first-order valence-corrected chi connectivity index (χ1v) is 5.71. The molecular weight excluding hydrogens is 242 g/mol. The second kappa shape index (κ2) is 5.85. The fraction of sp³-hybridized carbons (Fsp3) is 0.143. The van der Waals surface area contributed by atoms with E-state index in [0.717, 1.165) is 5.56 Å². The summed E-state index contributed by atoms with van der Waals surface area (Å²) in [7, 11) is 0. The normalized spacial score (nSPS) is 9.58. The molecule has 5 heteroatoms. The predicted octanol–water partition coefficient (Wildman–Crippen LogP) is 1.55. The smallest absolute Gasteiger partial charge is 0.293 e. The number of nitrogens with one attached hydrogen (secondary N) is 1. The Morgan fingerprint density at radius 3 is 2.74 bits per heavy atom. The van der Waals surface area contributed by atoms with Crippen molar-refractivity contribution in [3.63, 3.8) is 0 Å². The SMILES string of the molecule is Cc1ncoc1C(=O)Nc1ccc(C#CCN)cc1. The Labute approximate surface area is 110 Å². The second-order valence-electron chi connectivity index (χ2n) is 3.80. The van der Waals surface area contributed by atoms with Crippen LogP contribution in [0, 0.1) is 18.8 Å². The van der Waals surface area contributed by atoms with Gasteiger partial charge in [0.15, 0.2) is 6.39 Å². The van der Waals surface area contributed by atoms with Gasteiger partial charge < -0.3 is 15.5 Å². The highest BCUT2D eigenvalue weighted by Crippen LogP contribution is 2.12. The molecular formula is C14H13N3O2. The van der Waals surface area contributed by atoms with Crippen molar-refractivity contribution in [2.75, 3.05) is 11.9 Å². The molecule has 0 aliphatic heterocycles. The molecule has 1 aromatic carbocycles. The number of aromatic nitrogens is 1. The van der Waals surface area contributed by atoms with Crippen LogP contribution >= 0.6 is 0 Å². The van der Waals surface area contributed by atoms with Crippen LogP contribution in [0.1, 0.15) is 21.8 Å². The Bertz CT molecular complexity index is 633. The standard InChI is InChI=1S/C14H13N3O2/c1-10-13(19-9-16-10)14(18)17-12-6-4-11(5-7-12)3-2-8-15/h4-7,9H,8,15H2,1H3,(H,17,18). The summed E-state index contributed by atoms with van der Waals surface area (Å²) in [4.78, 5) is 15.7. The van der Waals surface area contributed by atoms with Gasteiger partial charge in [0.1, 0.15) is 0 Å². The fourth-order valence-corrected chi connectivity index (χ4v) is 1.50. The number of anilines is 1. The van der Waals surface area contributed by atoms with Crippen LogP contribution in [0.4, 0.5) is 5.69 Å². The zero-order valence-corrected chi connectivity index (χ0v) is 10.4. The lowest BCUT2D eigenvalue weighted by molar-refractivity contribution is 0.0996. The van der Waals surface area contributed by atoms with Gasteiger partial charge in [0.25, 0.3) is 5.91 Å². The summed E-state index contributed by atoms with van der Waals surface area (Å²) >= 11 is 0. The molecule has 0 aliphatic carbocycles. The summed E-state index contributed by atoms with van der Waals surface area (Å²) in [6.45, 7) is 2.03. The number of rotatable bonds is 2. The first-order chi connectivity index (χ1) is 9.20. The van der Waals surface area contributed by atoms with E-state index >= 15 is 0 Å². The number of nitrogens with zero attached hydrogens (tertiary/aromatic N) is 1. The van der Waals surface area contributed by atoms with Crippen LogP contribution in [0.5, 0.6) is 0 Å². The Morgan fingerprint density at radius 2 is 2.16 bits per heavy atom. The number of nitrogens with two attached hydrogens (primary N) is 1. The maximum absolute atomic E-state index is 11.9. The monoisotopic (exact) mass is 255 g/mol. The van der Waals surface area contributed by atoms with Crippen LogP contribution in [0.3, 0.4) is 0 Å². The summed E-state index contributed by atoms with van der Waals surface area (Å²) in [5.74, 6) is 5.56. The van der Waals surface area contributed by atoms with E-state index in [1.165, 1.54) is 6.39 Å². The van der Waals surface area contributed by atoms with Gasteiger partial charge in [-0.3, -0.25) is 4.79 Å². The molecule has 0 saturated heterocycles. The number of carbonyl (C=O) groups is 1. The lowest BCUT2D eigenvalue weighted by Crippen LogP contribution is -2.12. The van der Waals surface area contributed by atoms with E-state index in [9.17, 15) is 4.79 Å². The van der Waals surface area contributed by atoms with Gasteiger partial charge in [-0.15, -0.1) is 0 Å². The molecule has 0 saturated carbocycles. The molecule has 1 heterocycles. The molecule has 0 atom stereocenters. The van der Waals surface area contributed by atoms with Gasteiger partial charge in [-0.05, 0) is 31.2 Å². The van der Waals surface area contributed by atoms with Crippen LogP contribution in [0.15, 0.2) is 35.1 Å². The minimum Gasteiger partial charge on any atom is -0.438 e. The third-order valence-corrected chi connectivity index (χ3v) is 2.43. The first-order valence-electron chi connectivity index (χ1n) is 5.71. The van der Waals surface area contributed by atoms with Gasteiger partial charge in [0.05, 0.1) is 12.2 Å². The zero-order chi connectivity index (χ0) is 13.7. The van der Waals surface area contributed by atoms with Crippen molar-refractivity contribution < 1.29 is 9.21 Å². The number of benzene rings is 1.